The Morgan fingerprint density at radius 2 is 1.86 bits per heavy atom. The number of nitrogens with one attached hydrogen (secondary N) is 2. The largest absolute Gasteiger partial charge is 0.481 e. The van der Waals surface area contributed by atoms with Crippen LogP contribution in [0.4, 0.5) is 5.69 Å². The number of ether oxygens (including phenoxy) is 1. The maximum Gasteiger partial charge on any atom is 0.310 e. The Morgan fingerprint density at radius 3 is 2.50 bits per heavy atom. The van der Waals surface area contributed by atoms with E-state index in [1.165, 1.54) is 0 Å². The fourth-order valence-electron chi connectivity index (χ4n) is 4.71. The van der Waals surface area contributed by atoms with Gasteiger partial charge in [0, 0.05) is 18.8 Å². The van der Waals surface area contributed by atoms with Gasteiger partial charge < -0.3 is 20.5 Å². The first-order valence-electron chi connectivity index (χ1n) is 10.1. The van der Waals surface area contributed by atoms with Crippen molar-refractivity contribution in [2.75, 3.05) is 5.32 Å². The predicted molar refractivity (Wildman–Crippen MR) is 98.8 cm³/mol. The van der Waals surface area contributed by atoms with Gasteiger partial charge in [-0.05, 0) is 32.6 Å². The van der Waals surface area contributed by atoms with Crippen molar-refractivity contribution in [2.45, 2.75) is 70.2 Å². The van der Waals surface area contributed by atoms with Gasteiger partial charge in [0.25, 0.3) is 5.91 Å². The fourth-order valence-corrected chi connectivity index (χ4v) is 4.71. The van der Waals surface area contributed by atoms with E-state index in [4.69, 9.17) is 4.74 Å². The van der Waals surface area contributed by atoms with Crippen molar-refractivity contribution >= 4 is 23.5 Å². The molecule has 4 rings (SSSR count). The molecule has 2 bridgehead atoms. The zero-order valence-electron chi connectivity index (χ0n) is 15.9. The summed E-state index contributed by atoms with van der Waals surface area (Å²) >= 11 is 0. The zero-order valence-corrected chi connectivity index (χ0v) is 15.9. The van der Waals surface area contributed by atoms with Crippen LogP contribution in [0, 0.1) is 11.8 Å². The molecule has 0 spiro atoms. The number of carbonyl (C=O) groups is 3. The van der Waals surface area contributed by atoms with Crippen LogP contribution < -0.4 is 10.6 Å². The summed E-state index contributed by atoms with van der Waals surface area (Å²) < 4.78 is 7.26. The summed E-state index contributed by atoms with van der Waals surface area (Å²) in [6.45, 7) is 2.44. The Morgan fingerprint density at radius 1 is 1.18 bits per heavy atom. The van der Waals surface area contributed by atoms with Crippen LogP contribution in [0.15, 0.2) is 6.20 Å². The van der Waals surface area contributed by atoms with E-state index < -0.39 is 29.8 Å². The van der Waals surface area contributed by atoms with Gasteiger partial charge in [0.15, 0.2) is 5.69 Å². The first kappa shape index (κ1) is 18.9. The lowest BCUT2D eigenvalue weighted by Gasteiger charge is -2.23. The quantitative estimate of drug-likeness (QED) is 0.675. The van der Waals surface area contributed by atoms with Gasteiger partial charge in [-0.2, -0.15) is 5.10 Å². The van der Waals surface area contributed by atoms with E-state index in [0.717, 1.165) is 25.7 Å². The summed E-state index contributed by atoms with van der Waals surface area (Å²) in [5, 5.41) is 19.6. The normalized spacial score (nSPS) is 29.2. The third-order valence-electron chi connectivity index (χ3n) is 6.11. The minimum atomic E-state index is -1.02. The van der Waals surface area contributed by atoms with Gasteiger partial charge in [-0.15, -0.1) is 0 Å². The van der Waals surface area contributed by atoms with E-state index in [1.807, 2.05) is 6.92 Å². The molecule has 1 aromatic rings. The number of carboxylic acid groups (broad SMARTS) is 1. The third-order valence-corrected chi connectivity index (χ3v) is 6.11. The molecule has 1 aliphatic carbocycles. The summed E-state index contributed by atoms with van der Waals surface area (Å²) in [7, 11) is 0. The number of anilines is 1. The third kappa shape index (κ3) is 3.39. The number of fused-ring (bicyclic) bond motifs is 2. The molecule has 2 aliphatic heterocycles. The molecular formula is C19H26N4O5. The number of nitrogens with zero attached hydrogens (tertiary/aromatic N) is 2. The van der Waals surface area contributed by atoms with E-state index in [-0.39, 0.29) is 23.7 Å². The minimum absolute atomic E-state index is 0.137. The number of carboxylic acids is 1. The summed E-state index contributed by atoms with van der Waals surface area (Å²) in [6, 6.07) is 0.137. The Labute approximate surface area is 162 Å². The Hall–Kier alpha value is -2.42. The zero-order chi connectivity index (χ0) is 19.8. The number of aliphatic carboxylic acids is 1. The Kier molecular flexibility index (Phi) is 5.09. The number of hydrogen-bond donors (Lipinski definition) is 3. The van der Waals surface area contributed by atoms with Crippen molar-refractivity contribution in [1.82, 2.24) is 15.1 Å². The molecule has 3 fully saturated rings. The van der Waals surface area contributed by atoms with Crippen LogP contribution in [0.3, 0.4) is 0 Å². The van der Waals surface area contributed by atoms with Gasteiger partial charge in [0.1, 0.15) is 0 Å². The summed E-state index contributed by atoms with van der Waals surface area (Å²) in [5.74, 6) is -3.36. The molecule has 152 valence electrons. The molecule has 2 amide bonds. The average molecular weight is 390 g/mol. The van der Waals surface area contributed by atoms with Crippen LogP contribution in [0.25, 0.3) is 0 Å². The van der Waals surface area contributed by atoms with Gasteiger partial charge in [-0.3, -0.25) is 19.1 Å². The second kappa shape index (κ2) is 7.54. The average Bonchev–Trinajstić information content (AvgIpc) is 3.44. The molecule has 2 saturated heterocycles. The summed E-state index contributed by atoms with van der Waals surface area (Å²) in [6.07, 6.45) is 6.24. The minimum Gasteiger partial charge on any atom is -0.481 e. The lowest BCUT2D eigenvalue weighted by molar-refractivity contribution is -0.147. The van der Waals surface area contributed by atoms with Gasteiger partial charge in [0.05, 0.1) is 29.7 Å². The molecule has 1 aromatic heterocycles. The maximum atomic E-state index is 12.9. The van der Waals surface area contributed by atoms with Crippen LogP contribution in [0.5, 0.6) is 0 Å². The SMILES string of the molecule is CCn1cc(NC(=O)[C@H]2[C@@H](C(=O)O)[C@H]3CC[C@@H]2O3)c(C(=O)NC2CCCC2)n1. The van der Waals surface area contributed by atoms with Crippen LogP contribution >= 0.6 is 0 Å². The van der Waals surface area contributed by atoms with Crippen molar-refractivity contribution in [3.8, 4) is 0 Å². The molecule has 28 heavy (non-hydrogen) atoms. The molecule has 0 radical (unpaired) electrons. The second-order valence-electron chi connectivity index (χ2n) is 7.87. The van der Waals surface area contributed by atoms with Crippen LogP contribution in [0.1, 0.15) is 55.9 Å². The van der Waals surface area contributed by atoms with Gasteiger partial charge in [-0.1, -0.05) is 12.8 Å². The molecule has 4 atom stereocenters. The molecule has 9 heteroatoms. The Balaban J connectivity index is 1.52. The lowest BCUT2D eigenvalue weighted by Crippen LogP contribution is -2.41. The van der Waals surface area contributed by atoms with Crippen molar-refractivity contribution in [1.29, 1.82) is 0 Å². The molecular weight excluding hydrogens is 364 g/mol. The number of aryl methyl sites for hydroxylation is 1. The smallest absolute Gasteiger partial charge is 0.310 e. The first-order valence-corrected chi connectivity index (χ1v) is 10.1. The maximum absolute atomic E-state index is 12.9. The monoisotopic (exact) mass is 390 g/mol. The second-order valence-corrected chi connectivity index (χ2v) is 7.87. The number of amides is 2. The van der Waals surface area contributed by atoms with Gasteiger partial charge in [-0.25, -0.2) is 0 Å². The van der Waals surface area contributed by atoms with Crippen molar-refractivity contribution < 1.29 is 24.2 Å². The van der Waals surface area contributed by atoms with E-state index in [1.54, 1.807) is 10.9 Å². The topological polar surface area (TPSA) is 123 Å². The first-order chi connectivity index (χ1) is 13.5. The van der Waals surface area contributed by atoms with E-state index >= 15 is 0 Å². The highest BCUT2D eigenvalue weighted by Crippen LogP contribution is 2.44. The molecule has 0 aromatic carbocycles. The highest BCUT2D eigenvalue weighted by atomic mass is 16.5. The molecule has 0 unspecified atom stereocenters. The number of aromatic nitrogens is 2. The van der Waals surface area contributed by atoms with E-state index in [0.29, 0.717) is 25.1 Å². The molecule has 3 heterocycles. The number of hydrogen-bond acceptors (Lipinski definition) is 5. The molecule has 1 saturated carbocycles. The van der Waals surface area contributed by atoms with Gasteiger partial charge in [0.2, 0.25) is 5.91 Å². The van der Waals surface area contributed by atoms with Crippen molar-refractivity contribution in [3.05, 3.63) is 11.9 Å². The van der Waals surface area contributed by atoms with Crippen molar-refractivity contribution in [3.63, 3.8) is 0 Å². The lowest BCUT2D eigenvalue weighted by atomic mass is 9.78. The summed E-state index contributed by atoms with van der Waals surface area (Å²) in [5.41, 5.74) is 0.479. The van der Waals surface area contributed by atoms with Crippen LogP contribution in [-0.4, -0.2) is 50.9 Å². The van der Waals surface area contributed by atoms with Crippen molar-refractivity contribution in [2.24, 2.45) is 11.8 Å². The van der Waals surface area contributed by atoms with E-state index in [9.17, 15) is 19.5 Å². The Bertz CT molecular complexity index is 785. The van der Waals surface area contributed by atoms with Crippen LogP contribution in [0.2, 0.25) is 0 Å². The predicted octanol–water partition coefficient (Wildman–Crippen LogP) is 1.39. The molecule has 3 aliphatic rings. The molecule has 3 N–H and O–H groups in total. The van der Waals surface area contributed by atoms with Crippen LogP contribution in [-0.2, 0) is 20.9 Å². The number of rotatable bonds is 6. The number of carbonyl (C=O) groups excluding carboxylic acids is 2. The highest BCUT2D eigenvalue weighted by molar-refractivity contribution is 6.03. The van der Waals surface area contributed by atoms with E-state index in [2.05, 4.69) is 15.7 Å². The standard InChI is InChI=1S/C19H26N4O5/c1-2-23-9-11(16(22-23)18(25)20-10-5-3-4-6-10)21-17(24)14-12-7-8-13(28-12)15(14)19(26)27/h9-10,12-15H,2-8H2,1H3,(H,20,25)(H,21,24)(H,26,27)/t12-,13+,14+,15-/m0/s1. The molecule has 9 nitrogen and oxygen atoms in total. The summed E-state index contributed by atoms with van der Waals surface area (Å²) in [4.78, 5) is 37.2. The van der Waals surface area contributed by atoms with Gasteiger partial charge >= 0.3 is 5.97 Å². The fraction of sp³-hybridized carbons (Fsp3) is 0.684. The highest BCUT2D eigenvalue weighted by Gasteiger charge is 2.55.